The molecule has 0 radical (unpaired) electrons. The first-order valence-corrected chi connectivity index (χ1v) is 11.5. The summed E-state index contributed by atoms with van der Waals surface area (Å²) >= 11 is 0. The van der Waals surface area contributed by atoms with Crippen LogP contribution in [0.3, 0.4) is 0 Å². The average Bonchev–Trinajstić information content (AvgIpc) is 3.22. The van der Waals surface area contributed by atoms with Gasteiger partial charge >= 0.3 is 5.97 Å². The van der Waals surface area contributed by atoms with Crippen LogP contribution in [0.1, 0.15) is 58.8 Å². The Bertz CT molecular complexity index is 739. The Morgan fingerprint density at radius 2 is 1.93 bits per heavy atom. The normalized spacial score (nSPS) is 64.7. The fourth-order valence-electron chi connectivity index (χ4n) is 10.8. The van der Waals surface area contributed by atoms with E-state index in [0.29, 0.717) is 35.4 Å². The monoisotopic (exact) mass is 371 g/mol. The second-order valence-electron chi connectivity index (χ2n) is 11.4. The van der Waals surface area contributed by atoms with Gasteiger partial charge in [0.15, 0.2) is 0 Å². The van der Waals surface area contributed by atoms with Gasteiger partial charge in [-0.15, -0.1) is 0 Å². The van der Waals surface area contributed by atoms with E-state index in [9.17, 15) is 4.79 Å². The average molecular weight is 372 g/mol. The van der Waals surface area contributed by atoms with E-state index in [1.807, 2.05) is 0 Å². The number of hydrogen-bond acceptors (Lipinski definition) is 4. The number of rotatable bonds is 1. The Kier molecular flexibility index (Phi) is 2.75. The maximum Gasteiger partial charge on any atom is 0.309 e. The highest BCUT2D eigenvalue weighted by molar-refractivity contribution is 5.74. The number of hydrogen-bond donors (Lipinski definition) is 0. The summed E-state index contributed by atoms with van der Waals surface area (Å²) in [4.78, 5) is 15.8. The Balaban J connectivity index is 1.53. The number of carbonyl (C=O) groups is 1. The molecule has 0 aromatic heterocycles. The molecule has 11 atom stereocenters. The molecule has 0 aromatic rings. The van der Waals surface area contributed by atoms with Crippen molar-refractivity contribution in [3.05, 3.63) is 0 Å². The predicted molar refractivity (Wildman–Crippen MR) is 99.6 cm³/mol. The number of nitrogens with zero attached hydrogens (tertiary/aromatic N) is 1. The molecule has 9 fully saturated rings. The standard InChI is InChI=1S/C23H33NO3/c1-12-11-24-18-14(12)8-9-21(2)17-7-5-13-4-6-16-15(20(25)26-3)10-22(18,21)23(13,16)27-19(17)24/h12-19H,4-11H2,1-3H3/t12-,13-,14-,15-,16-,17-,18+,19?,21+,22+,23+/m1/s1. The maximum atomic E-state index is 13.0. The topological polar surface area (TPSA) is 38.8 Å². The van der Waals surface area contributed by atoms with Crippen molar-refractivity contribution in [1.82, 2.24) is 4.90 Å². The zero-order valence-corrected chi connectivity index (χ0v) is 16.9. The lowest BCUT2D eigenvalue weighted by atomic mass is 9.40. The van der Waals surface area contributed by atoms with Crippen molar-refractivity contribution in [3.63, 3.8) is 0 Å². The molecule has 2 spiro atoms. The smallest absolute Gasteiger partial charge is 0.309 e. The SMILES string of the molecule is COC(=O)[C@@H]1C[C@]23[C@@H]4[C@@H]5CC[C@@]2(C)[C@@H]2CC[C@H]6CC[C@H]1[C@@]63OC2N4C[C@H]5C. The van der Waals surface area contributed by atoms with Gasteiger partial charge in [0.05, 0.1) is 18.6 Å². The van der Waals surface area contributed by atoms with E-state index in [1.54, 1.807) is 7.11 Å². The number of methoxy groups -OCH3 is 1. The Morgan fingerprint density at radius 1 is 1.15 bits per heavy atom. The number of piperidine rings is 1. The van der Waals surface area contributed by atoms with Gasteiger partial charge in [0.25, 0.3) is 0 Å². The van der Waals surface area contributed by atoms with Gasteiger partial charge in [-0.05, 0) is 68.1 Å². The van der Waals surface area contributed by atoms with Crippen LogP contribution in [0.15, 0.2) is 0 Å². The molecule has 9 aliphatic rings. The summed E-state index contributed by atoms with van der Waals surface area (Å²) in [5, 5.41) is 0. The van der Waals surface area contributed by atoms with Gasteiger partial charge in [-0.2, -0.15) is 0 Å². The molecule has 5 saturated heterocycles. The second kappa shape index (κ2) is 4.59. The summed E-state index contributed by atoms with van der Waals surface area (Å²) in [6, 6.07) is 0.650. The van der Waals surface area contributed by atoms with E-state index >= 15 is 0 Å². The zero-order chi connectivity index (χ0) is 18.3. The van der Waals surface area contributed by atoms with Gasteiger partial charge in [0.2, 0.25) is 0 Å². The van der Waals surface area contributed by atoms with Crippen molar-refractivity contribution in [2.45, 2.75) is 76.7 Å². The van der Waals surface area contributed by atoms with Gasteiger partial charge in [-0.1, -0.05) is 13.8 Å². The molecule has 1 unspecified atom stereocenters. The lowest BCUT2D eigenvalue weighted by Crippen LogP contribution is -2.81. The second-order valence-corrected chi connectivity index (χ2v) is 11.4. The van der Waals surface area contributed by atoms with Crippen molar-refractivity contribution >= 4 is 5.97 Å². The van der Waals surface area contributed by atoms with Gasteiger partial charge in [-0.25, -0.2) is 0 Å². The van der Waals surface area contributed by atoms with Crippen LogP contribution in [-0.4, -0.2) is 42.4 Å². The summed E-state index contributed by atoms with van der Waals surface area (Å²) in [7, 11) is 1.59. The van der Waals surface area contributed by atoms with Crippen LogP contribution in [-0.2, 0) is 14.3 Å². The summed E-state index contributed by atoms with van der Waals surface area (Å²) < 4.78 is 12.7. The quantitative estimate of drug-likeness (QED) is 0.662. The molecule has 148 valence electrons. The molecule has 4 aliphatic carbocycles. The van der Waals surface area contributed by atoms with Gasteiger partial charge in [0, 0.05) is 29.8 Å². The van der Waals surface area contributed by atoms with Crippen LogP contribution in [0.2, 0.25) is 0 Å². The Labute approximate surface area is 162 Å². The molecular weight excluding hydrogens is 338 g/mol. The van der Waals surface area contributed by atoms with E-state index in [-0.39, 0.29) is 22.9 Å². The zero-order valence-electron chi connectivity index (χ0n) is 16.9. The Morgan fingerprint density at radius 3 is 2.70 bits per heavy atom. The maximum absolute atomic E-state index is 13.0. The highest BCUT2D eigenvalue weighted by atomic mass is 16.5. The number of esters is 1. The van der Waals surface area contributed by atoms with Crippen LogP contribution in [0, 0.1) is 46.3 Å². The largest absolute Gasteiger partial charge is 0.469 e. The third-order valence-electron chi connectivity index (χ3n) is 11.4. The predicted octanol–water partition coefficient (Wildman–Crippen LogP) is 3.45. The van der Waals surface area contributed by atoms with Crippen LogP contribution >= 0.6 is 0 Å². The molecule has 27 heavy (non-hydrogen) atoms. The van der Waals surface area contributed by atoms with Crippen molar-refractivity contribution in [2.24, 2.45) is 46.3 Å². The molecule has 6 bridgehead atoms. The summed E-state index contributed by atoms with van der Waals surface area (Å²) in [6.45, 7) is 6.32. The minimum Gasteiger partial charge on any atom is -0.469 e. The molecule has 0 N–H and O–H groups in total. The highest BCUT2D eigenvalue weighted by Crippen LogP contribution is 2.84. The lowest BCUT2D eigenvalue weighted by Gasteiger charge is -2.76. The molecule has 4 heteroatoms. The third-order valence-corrected chi connectivity index (χ3v) is 11.4. The van der Waals surface area contributed by atoms with Gasteiger partial charge in [-0.3, -0.25) is 9.69 Å². The highest BCUT2D eigenvalue weighted by Gasteiger charge is 2.88. The van der Waals surface area contributed by atoms with E-state index in [1.165, 1.54) is 45.1 Å². The summed E-state index contributed by atoms with van der Waals surface area (Å²) in [6.07, 6.45) is 9.19. The van der Waals surface area contributed by atoms with Crippen LogP contribution < -0.4 is 0 Å². The first-order chi connectivity index (χ1) is 13.0. The molecule has 0 aromatic carbocycles. The lowest BCUT2D eigenvalue weighted by molar-refractivity contribution is -0.392. The van der Waals surface area contributed by atoms with Crippen molar-refractivity contribution in [2.75, 3.05) is 13.7 Å². The van der Waals surface area contributed by atoms with Gasteiger partial charge < -0.3 is 9.47 Å². The molecule has 4 saturated carbocycles. The molecule has 0 amide bonds. The molecule has 4 nitrogen and oxygen atoms in total. The number of ether oxygens (including phenoxy) is 2. The van der Waals surface area contributed by atoms with E-state index in [0.717, 1.165) is 18.3 Å². The van der Waals surface area contributed by atoms with Crippen molar-refractivity contribution in [1.29, 1.82) is 0 Å². The third kappa shape index (κ3) is 1.35. The summed E-state index contributed by atoms with van der Waals surface area (Å²) in [5.74, 6) is 3.41. The van der Waals surface area contributed by atoms with E-state index in [4.69, 9.17) is 9.47 Å². The molecule has 5 heterocycles. The minimum atomic E-state index is -0.0395. The van der Waals surface area contributed by atoms with E-state index in [2.05, 4.69) is 18.7 Å². The van der Waals surface area contributed by atoms with Crippen LogP contribution in [0.4, 0.5) is 0 Å². The fraction of sp³-hybridized carbons (Fsp3) is 0.957. The number of carbonyl (C=O) groups excluding carboxylic acids is 1. The minimum absolute atomic E-state index is 0.0395. The first-order valence-electron chi connectivity index (χ1n) is 11.5. The Hall–Kier alpha value is -0.610. The van der Waals surface area contributed by atoms with E-state index < -0.39 is 0 Å². The van der Waals surface area contributed by atoms with Crippen molar-refractivity contribution < 1.29 is 14.3 Å². The fourth-order valence-corrected chi connectivity index (χ4v) is 10.8. The summed E-state index contributed by atoms with van der Waals surface area (Å²) in [5.41, 5.74) is 0.480. The van der Waals surface area contributed by atoms with Crippen LogP contribution in [0.5, 0.6) is 0 Å². The molecule has 5 aliphatic heterocycles. The molecule has 9 rings (SSSR count). The molecular formula is C23H33NO3. The van der Waals surface area contributed by atoms with Crippen molar-refractivity contribution in [3.8, 4) is 0 Å². The first kappa shape index (κ1) is 16.2. The van der Waals surface area contributed by atoms with Gasteiger partial charge in [0.1, 0.15) is 6.23 Å². The van der Waals surface area contributed by atoms with Crippen LogP contribution in [0.25, 0.3) is 0 Å². The number of fused-ring (bicyclic) bond motifs is 1.